The van der Waals surface area contributed by atoms with Crippen LogP contribution in [0.25, 0.3) is 5.78 Å². The Kier molecular flexibility index (Phi) is 6.06. The molecule has 2 aromatic heterocycles. The number of hydrogen-bond acceptors (Lipinski definition) is 6. The van der Waals surface area contributed by atoms with Gasteiger partial charge in [-0.05, 0) is 54.5 Å². The number of anilines is 1. The number of fused-ring (bicyclic) bond motifs is 1. The van der Waals surface area contributed by atoms with Crippen molar-refractivity contribution >= 4 is 41.2 Å². The van der Waals surface area contributed by atoms with E-state index in [-0.39, 0.29) is 34.3 Å². The second-order valence-corrected chi connectivity index (χ2v) is 7.91. The molecule has 0 aliphatic rings. The summed E-state index contributed by atoms with van der Waals surface area (Å²) in [7, 11) is 1.59. The van der Waals surface area contributed by atoms with Crippen LogP contribution in [0.1, 0.15) is 16.8 Å². The zero-order valence-corrected chi connectivity index (χ0v) is 18.8. The lowest BCUT2D eigenvalue weighted by atomic mass is 10.1. The third-order valence-corrected chi connectivity index (χ3v) is 5.44. The van der Waals surface area contributed by atoms with E-state index < -0.39 is 0 Å². The van der Waals surface area contributed by atoms with Crippen LogP contribution in [0.4, 0.5) is 5.69 Å². The molecule has 4 rings (SSSR count). The molecule has 0 unspecified atom stereocenters. The predicted molar refractivity (Wildman–Crippen MR) is 123 cm³/mol. The first-order chi connectivity index (χ1) is 15.3. The molecule has 2 aromatic carbocycles. The van der Waals surface area contributed by atoms with E-state index >= 15 is 0 Å². The number of methoxy groups -OCH3 is 1. The Bertz CT molecular complexity index is 1420. The second-order valence-electron chi connectivity index (χ2n) is 7.11. The molecule has 11 heteroatoms. The summed E-state index contributed by atoms with van der Waals surface area (Å²) in [6, 6.07) is 12.6. The Labute approximate surface area is 192 Å². The van der Waals surface area contributed by atoms with E-state index in [4.69, 9.17) is 28.6 Å². The van der Waals surface area contributed by atoms with Gasteiger partial charge in [-0.15, -0.1) is 5.10 Å². The number of H-pyrrole nitrogens is 1. The molecule has 0 fully saturated rings. The van der Waals surface area contributed by atoms with Crippen molar-refractivity contribution in [3.05, 3.63) is 79.4 Å². The van der Waals surface area contributed by atoms with Gasteiger partial charge in [0, 0.05) is 17.1 Å². The number of aromatic amines is 1. The summed E-state index contributed by atoms with van der Waals surface area (Å²) >= 11 is 11.4. The van der Waals surface area contributed by atoms with Crippen LogP contribution in [-0.4, -0.2) is 37.4 Å². The highest BCUT2D eigenvalue weighted by molar-refractivity contribution is 7.71. The zero-order chi connectivity index (χ0) is 22.8. The van der Waals surface area contributed by atoms with Crippen LogP contribution >= 0.6 is 23.8 Å². The van der Waals surface area contributed by atoms with Crippen molar-refractivity contribution in [1.29, 1.82) is 0 Å². The van der Waals surface area contributed by atoms with Gasteiger partial charge < -0.3 is 10.1 Å². The molecule has 32 heavy (non-hydrogen) atoms. The number of carbonyl (C=O) groups excluding carboxylic acids is 1. The van der Waals surface area contributed by atoms with Crippen molar-refractivity contribution in [2.75, 3.05) is 12.4 Å². The molecule has 0 radical (unpaired) electrons. The molecular formula is C21H19ClN6O3S. The minimum absolute atomic E-state index is 0.149. The molecule has 0 bridgehead atoms. The number of carbonyl (C=O) groups is 1. The van der Waals surface area contributed by atoms with Gasteiger partial charge in [0.1, 0.15) is 18.0 Å². The van der Waals surface area contributed by atoms with Gasteiger partial charge in [0.15, 0.2) is 0 Å². The SMILES string of the molecule is COc1ccc(Cc2nn3c(=S)n(CC(=O)Nc4cc(Cl)ccc4C)nc3[nH]c2=O)cc1. The summed E-state index contributed by atoms with van der Waals surface area (Å²) < 4.78 is 7.98. The monoisotopic (exact) mass is 470 g/mol. The second kappa shape index (κ2) is 8.93. The van der Waals surface area contributed by atoms with Crippen molar-refractivity contribution in [3.8, 4) is 5.75 Å². The van der Waals surface area contributed by atoms with Crippen LogP contribution in [0.2, 0.25) is 5.02 Å². The number of amides is 1. The fourth-order valence-corrected chi connectivity index (χ4v) is 3.52. The van der Waals surface area contributed by atoms with Crippen LogP contribution in [0, 0.1) is 11.7 Å². The van der Waals surface area contributed by atoms with Crippen molar-refractivity contribution in [3.63, 3.8) is 0 Å². The highest BCUT2D eigenvalue weighted by Crippen LogP contribution is 2.20. The first kappa shape index (κ1) is 21.7. The van der Waals surface area contributed by atoms with Crippen LogP contribution in [0.3, 0.4) is 0 Å². The summed E-state index contributed by atoms with van der Waals surface area (Å²) in [6.07, 6.45) is 0.302. The lowest BCUT2D eigenvalue weighted by Crippen LogP contribution is -2.20. The molecule has 0 atom stereocenters. The Morgan fingerprint density at radius 1 is 1.22 bits per heavy atom. The molecule has 0 saturated carbocycles. The van der Waals surface area contributed by atoms with Gasteiger partial charge in [0.2, 0.25) is 10.7 Å². The lowest BCUT2D eigenvalue weighted by Gasteiger charge is -2.08. The zero-order valence-electron chi connectivity index (χ0n) is 17.3. The molecule has 164 valence electrons. The van der Waals surface area contributed by atoms with Gasteiger partial charge in [-0.25, -0.2) is 4.68 Å². The fourth-order valence-electron chi connectivity index (χ4n) is 3.12. The molecular weight excluding hydrogens is 452 g/mol. The van der Waals surface area contributed by atoms with Gasteiger partial charge in [0.25, 0.3) is 11.3 Å². The van der Waals surface area contributed by atoms with Crippen molar-refractivity contribution in [2.24, 2.45) is 0 Å². The minimum atomic E-state index is -0.375. The highest BCUT2D eigenvalue weighted by Gasteiger charge is 2.14. The molecule has 1 amide bonds. The fraction of sp³-hybridized carbons (Fsp3) is 0.190. The van der Waals surface area contributed by atoms with Crippen molar-refractivity contribution in [2.45, 2.75) is 19.9 Å². The average Bonchev–Trinajstić information content (AvgIpc) is 3.05. The maximum Gasteiger partial charge on any atom is 0.274 e. The lowest BCUT2D eigenvalue weighted by molar-refractivity contribution is -0.116. The third-order valence-electron chi connectivity index (χ3n) is 4.82. The molecule has 0 aliphatic carbocycles. The van der Waals surface area contributed by atoms with Crippen LogP contribution in [0.5, 0.6) is 5.75 Å². The van der Waals surface area contributed by atoms with E-state index in [0.717, 1.165) is 16.9 Å². The van der Waals surface area contributed by atoms with E-state index in [1.807, 2.05) is 37.3 Å². The number of aromatic nitrogens is 5. The van der Waals surface area contributed by atoms with E-state index in [0.29, 0.717) is 17.1 Å². The maximum atomic E-state index is 12.5. The van der Waals surface area contributed by atoms with E-state index in [9.17, 15) is 9.59 Å². The number of hydrogen-bond donors (Lipinski definition) is 2. The average molecular weight is 471 g/mol. The molecule has 2 heterocycles. The van der Waals surface area contributed by atoms with Crippen molar-refractivity contribution < 1.29 is 9.53 Å². The standard InChI is InChI=1S/C21H19ClN6O3S/c1-12-3-6-14(22)10-16(12)23-18(29)11-27-21(32)28-20(26-27)24-19(30)17(25-28)9-13-4-7-15(31-2)8-5-13/h3-8,10H,9,11H2,1-2H3,(H,23,29)(H,24,26,30). The number of halogens is 1. The number of ether oxygens (including phenoxy) is 1. The maximum absolute atomic E-state index is 12.5. The number of nitrogens with one attached hydrogen (secondary N) is 2. The summed E-state index contributed by atoms with van der Waals surface area (Å²) in [5.74, 6) is 0.543. The molecule has 9 nitrogen and oxygen atoms in total. The smallest absolute Gasteiger partial charge is 0.274 e. The molecule has 2 N–H and O–H groups in total. The normalized spacial score (nSPS) is 11.0. The van der Waals surface area contributed by atoms with E-state index in [2.05, 4.69) is 20.5 Å². The number of nitrogens with zero attached hydrogens (tertiary/aromatic N) is 4. The molecule has 4 aromatic rings. The third kappa shape index (κ3) is 4.56. The minimum Gasteiger partial charge on any atom is -0.497 e. The molecule has 0 saturated heterocycles. The van der Waals surface area contributed by atoms with Crippen LogP contribution in [0.15, 0.2) is 47.3 Å². The summed E-state index contributed by atoms with van der Waals surface area (Å²) in [4.78, 5) is 27.7. The van der Waals surface area contributed by atoms with Crippen molar-refractivity contribution in [1.82, 2.24) is 24.4 Å². The first-order valence-corrected chi connectivity index (χ1v) is 10.4. The molecule has 0 spiro atoms. The van der Waals surface area contributed by atoms with Gasteiger partial charge in [0.05, 0.1) is 7.11 Å². The number of aryl methyl sites for hydroxylation is 1. The van der Waals surface area contributed by atoms with Crippen LogP contribution in [-0.2, 0) is 17.8 Å². The Balaban J connectivity index is 1.58. The van der Waals surface area contributed by atoms with Gasteiger partial charge in [-0.2, -0.15) is 9.61 Å². The highest BCUT2D eigenvalue weighted by atomic mass is 35.5. The molecule has 0 aliphatic heterocycles. The van der Waals surface area contributed by atoms with E-state index in [1.54, 1.807) is 19.2 Å². The summed E-state index contributed by atoms with van der Waals surface area (Å²) in [6.45, 7) is 1.71. The van der Waals surface area contributed by atoms with Gasteiger partial charge in [-0.1, -0.05) is 29.8 Å². The predicted octanol–water partition coefficient (Wildman–Crippen LogP) is 3.15. The Morgan fingerprint density at radius 3 is 2.69 bits per heavy atom. The number of benzene rings is 2. The van der Waals surface area contributed by atoms with E-state index in [1.165, 1.54) is 9.20 Å². The summed E-state index contributed by atoms with van der Waals surface area (Å²) in [5, 5.41) is 11.9. The quantitative estimate of drug-likeness (QED) is 0.419. The van der Waals surface area contributed by atoms with Gasteiger partial charge in [-0.3, -0.25) is 14.6 Å². The largest absolute Gasteiger partial charge is 0.497 e. The van der Waals surface area contributed by atoms with Gasteiger partial charge >= 0.3 is 0 Å². The topological polar surface area (TPSA) is 106 Å². The Morgan fingerprint density at radius 2 is 1.97 bits per heavy atom. The Hall–Kier alpha value is -3.50. The first-order valence-electron chi connectivity index (χ1n) is 9.62. The van der Waals surface area contributed by atoms with Crippen LogP contribution < -0.4 is 15.6 Å². The summed E-state index contributed by atoms with van der Waals surface area (Å²) in [5.41, 5.74) is 2.26. The number of rotatable bonds is 6.